The molecule has 1 heterocycles. The second kappa shape index (κ2) is 4.63. The molecule has 2 rings (SSSR count). The first-order valence-electron chi connectivity index (χ1n) is 5.70. The normalized spacial score (nSPS) is 17.6. The minimum absolute atomic E-state index is 0.0675. The molecule has 98 valence electrons. The van der Waals surface area contributed by atoms with E-state index in [1.54, 1.807) is 0 Å². The zero-order valence-corrected chi connectivity index (χ0v) is 9.65. The lowest BCUT2D eigenvalue weighted by molar-refractivity contribution is -0.147. The summed E-state index contributed by atoms with van der Waals surface area (Å²) < 4.78 is 0. The van der Waals surface area contributed by atoms with Gasteiger partial charge in [0.2, 0.25) is 5.82 Å². The van der Waals surface area contributed by atoms with Crippen molar-refractivity contribution < 1.29 is 9.90 Å². The Morgan fingerprint density at radius 3 is 2.61 bits per heavy atom. The lowest BCUT2D eigenvalue weighted by atomic mass is 9.86. The Kier molecular flexibility index (Phi) is 3.17. The Morgan fingerprint density at radius 1 is 1.39 bits per heavy atom. The number of carboxylic acids is 1. The van der Waals surface area contributed by atoms with Gasteiger partial charge >= 0.3 is 11.7 Å². The maximum atomic E-state index is 11.4. The maximum absolute atomic E-state index is 11.4. The Hall–Kier alpha value is -2.12. The van der Waals surface area contributed by atoms with Crippen LogP contribution in [-0.4, -0.2) is 32.8 Å². The number of aromatic nitrogens is 3. The van der Waals surface area contributed by atoms with Crippen molar-refractivity contribution in [3.8, 4) is 0 Å². The van der Waals surface area contributed by atoms with Gasteiger partial charge in [0.05, 0.1) is 5.41 Å². The molecule has 1 aliphatic rings. The Labute approximate surface area is 101 Å². The lowest BCUT2D eigenvalue weighted by Gasteiger charge is -2.23. The van der Waals surface area contributed by atoms with Crippen LogP contribution in [0.3, 0.4) is 0 Å². The predicted octanol–water partition coefficient (Wildman–Crippen LogP) is -0.485. The number of rotatable bonds is 4. The van der Waals surface area contributed by atoms with Crippen LogP contribution in [0.4, 0.5) is 5.82 Å². The molecule has 1 aromatic heterocycles. The van der Waals surface area contributed by atoms with Crippen LogP contribution in [0.5, 0.6) is 0 Å². The number of aromatic amines is 2. The zero-order chi connectivity index (χ0) is 13.2. The second-order valence-electron chi connectivity index (χ2n) is 4.50. The van der Waals surface area contributed by atoms with Gasteiger partial charge in [-0.3, -0.25) is 14.6 Å². The van der Waals surface area contributed by atoms with E-state index in [9.17, 15) is 19.5 Å². The number of nitrogens with zero attached hydrogens (tertiary/aromatic N) is 1. The molecule has 0 unspecified atom stereocenters. The van der Waals surface area contributed by atoms with Crippen molar-refractivity contribution in [1.82, 2.24) is 15.2 Å². The highest BCUT2D eigenvalue weighted by Gasteiger charge is 2.41. The summed E-state index contributed by atoms with van der Waals surface area (Å²) in [6.07, 6.45) is 2.89. The van der Waals surface area contributed by atoms with E-state index in [0.29, 0.717) is 12.8 Å². The fourth-order valence-electron chi connectivity index (χ4n) is 2.24. The first kappa shape index (κ1) is 12.3. The smallest absolute Gasteiger partial charge is 0.342 e. The Balaban J connectivity index is 2.13. The van der Waals surface area contributed by atoms with Crippen LogP contribution in [0.1, 0.15) is 25.7 Å². The van der Waals surface area contributed by atoms with E-state index >= 15 is 0 Å². The summed E-state index contributed by atoms with van der Waals surface area (Å²) in [6.45, 7) is 0.129. The molecule has 18 heavy (non-hydrogen) atoms. The van der Waals surface area contributed by atoms with Crippen LogP contribution in [0.2, 0.25) is 0 Å². The van der Waals surface area contributed by atoms with Crippen molar-refractivity contribution in [3.63, 3.8) is 0 Å². The number of anilines is 1. The van der Waals surface area contributed by atoms with Crippen molar-refractivity contribution in [2.75, 3.05) is 11.9 Å². The number of hydrogen-bond donors (Lipinski definition) is 4. The van der Waals surface area contributed by atoms with Crippen LogP contribution in [0, 0.1) is 5.41 Å². The molecule has 0 saturated heterocycles. The van der Waals surface area contributed by atoms with Crippen molar-refractivity contribution >= 4 is 11.8 Å². The number of aliphatic carboxylic acids is 1. The van der Waals surface area contributed by atoms with E-state index in [2.05, 4.69) is 15.5 Å². The number of carboxylic acid groups (broad SMARTS) is 1. The van der Waals surface area contributed by atoms with Gasteiger partial charge in [0.25, 0.3) is 5.56 Å². The van der Waals surface area contributed by atoms with Gasteiger partial charge in [-0.2, -0.15) is 0 Å². The summed E-state index contributed by atoms with van der Waals surface area (Å²) in [6, 6.07) is 0. The number of nitrogens with one attached hydrogen (secondary N) is 3. The molecule has 8 heteroatoms. The molecule has 1 fully saturated rings. The van der Waals surface area contributed by atoms with Gasteiger partial charge in [0.15, 0.2) is 0 Å². The molecule has 0 amide bonds. The van der Waals surface area contributed by atoms with Crippen molar-refractivity contribution in [2.24, 2.45) is 5.41 Å². The number of H-pyrrole nitrogens is 2. The average Bonchev–Trinajstić information content (AvgIpc) is 2.78. The fraction of sp³-hybridized carbons (Fsp3) is 0.600. The van der Waals surface area contributed by atoms with Gasteiger partial charge in [0.1, 0.15) is 0 Å². The van der Waals surface area contributed by atoms with Gasteiger partial charge in [-0.05, 0) is 12.8 Å². The SMILES string of the molecule is O=C(O)C1(CNc2n[nH]c(=O)[nH]c2=O)CCCC1. The van der Waals surface area contributed by atoms with Gasteiger partial charge < -0.3 is 10.4 Å². The van der Waals surface area contributed by atoms with Gasteiger partial charge in [-0.15, -0.1) is 5.10 Å². The molecule has 0 spiro atoms. The number of hydrogen-bond acceptors (Lipinski definition) is 5. The largest absolute Gasteiger partial charge is 0.481 e. The Morgan fingerprint density at radius 2 is 2.06 bits per heavy atom. The van der Waals surface area contributed by atoms with Crippen molar-refractivity contribution in [1.29, 1.82) is 0 Å². The van der Waals surface area contributed by atoms with Crippen LogP contribution >= 0.6 is 0 Å². The van der Waals surface area contributed by atoms with E-state index < -0.39 is 22.6 Å². The standard InChI is InChI=1S/C10H14N4O4/c15-7-6(13-14-9(18)12-7)11-5-10(8(16)17)3-1-2-4-10/h1-5H2,(H,11,13)(H,16,17)(H2,12,14,15,18). The summed E-state index contributed by atoms with van der Waals surface area (Å²) in [7, 11) is 0. The maximum Gasteiger partial charge on any atom is 0.342 e. The monoisotopic (exact) mass is 254 g/mol. The zero-order valence-electron chi connectivity index (χ0n) is 9.65. The molecule has 4 N–H and O–H groups in total. The second-order valence-corrected chi connectivity index (χ2v) is 4.50. The quantitative estimate of drug-likeness (QED) is 0.574. The van der Waals surface area contributed by atoms with E-state index in [1.807, 2.05) is 4.98 Å². The Bertz CT molecular complexity index is 555. The molecule has 1 aromatic rings. The van der Waals surface area contributed by atoms with Crippen LogP contribution in [0.15, 0.2) is 9.59 Å². The van der Waals surface area contributed by atoms with Gasteiger partial charge in [-0.1, -0.05) is 12.8 Å². The summed E-state index contributed by atoms with van der Waals surface area (Å²) in [4.78, 5) is 35.4. The molecule has 1 aliphatic carbocycles. The fourth-order valence-corrected chi connectivity index (χ4v) is 2.24. The molecular weight excluding hydrogens is 240 g/mol. The summed E-state index contributed by atoms with van der Waals surface area (Å²) in [5.41, 5.74) is -2.19. The minimum atomic E-state index is -0.867. The highest BCUT2D eigenvalue weighted by Crippen LogP contribution is 2.38. The van der Waals surface area contributed by atoms with Gasteiger partial charge in [0, 0.05) is 6.54 Å². The van der Waals surface area contributed by atoms with Crippen LogP contribution in [-0.2, 0) is 4.79 Å². The molecule has 0 atom stereocenters. The van der Waals surface area contributed by atoms with E-state index in [4.69, 9.17) is 0 Å². The highest BCUT2D eigenvalue weighted by atomic mass is 16.4. The van der Waals surface area contributed by atoms with Crippen molar-refractivity contribution in [3.05, 3.63) is 20.8 Å². The third-order valence-electron chi connectivity index (χ3n) is 3.32. The molecule has 0 aromatic carbocycles. The molecule has 0 radical (unpaired) electrons. The van der Waals surface area contributed by atoms with Gasteiger partial charge in [-0.25, -0.2) is 9.89 Å². The molecule has 1 saturated carbocycles. The lowest BCUT2D eigenvalue weighted by Crippen LogP contribution is -2.37. The summed E-state index contributed by atoms with van der Waals surface area (Å²) >= 11 is 0. The molecule has 0 bridgehead atoms. The summed E-state index contributed by atoms with van der Waals surface area (Å²) in [5, 5.41) is 17.6. The van der Waals surface area contributed by atoms with E-state index in [0.717, 1.165) is 12.8 Å². The van der Waals surface area contributed by atoms with E-state index in [-0.39, 0.29) is 12.4 Å². The predicted molar refractivity (Wildman–Crippen MR) is 62.5 cm³/mol. The number of carbonyl (C=O) groups is 1. The van der Waals surface area contributed by atoms with Crippen molar-refractivity contribution in [2.45, 2.75) is 25.7 Å². The van der Waals surface area contributed by atoms with E-state index in [1.165, 1.54) is 0 Å². The first-order valence-corrected chi connectivity index (χ1v) is 5.70. The summed E-state index contributed by atoms with van der Waals surface area (Å²) in [5.74, 6) is -0.935. The third-order valence-corrected chi connectivity index (χ3v) is 3.32. The third kappa shape index (κ3) is 2.27. The molecule has 0 aliphatic heterocycles. The van der Waals surface area contributed by atoms with Crippen LogP contribution < -0.4 is 16.6 Å². The molecule has 8 nitrogen and oxygen atoms in total. The topological polar surface area (TPSA) is 128 Å². The highest BCUT2D eigenvalue weighted by molar-refractivity contribution is 5.75. The average molecular weight is 254 g/mol. The van der Waals surface area contributed by atoms with Crippen LogP contribution in [0.25, 0.3) is 0 Å². The minimum Gasteiger partial charge on any atom is -0.481 e. The molecular formula is C10H14N4O4. The first-order chi connectivity index (χ1) is 8.53.